The predicted octanol–water partition coefficient (Wildman–Crippen LogP) is 6.30. The standard InChI is InChI=1S/C28H23N3O2S2/c32-27(31-11-13-33-14-12-31)18-34-28-30-25-10-9-21(16-26(25)35-28)29-17-24-22-7-3-1-5-19(22)15-20-6-2-4-8-23(20)24/h1-10,15-17H,11-14,18H2. The first-order valence-electron chi connectivity index (χ1n) is 11.6. The van der Waals surface area contributed by atoms with Gasteiger partial charge in [-0.3, -0.25) is 9.79 Å². The van der Waals surface area contributed by atoms with E-state index in [-0.39, 0.29) is 5.91 Å². The molecule has 0 bridgehead atoms. The Morgan fingerprint density at radius 1 is 1.00 bits per heavy atom. The summed E-state index contributed by atoms with van der Waals surface area (Å²) < 4.78 is 7.31. The molecule has 1 aromatic heterocycles. The molecule has 0 aliphatic carbocycles. The molecular formula is C28H23N3O2S2. The lowest BCUT2D eigenvalue weighted by Crippen LogP contribution is -2.41. The van der Waals surface area contributed by atoms with Gasteiger partial charge >= 0.3 is 0 Å². The first-order valence-corrected chi connectivity index (χ1v) is 13.4. The van der Waals surface area contributed by atoms with E-state index in [9.17, 15) is 4.79 Å². The van der Waals surface area contributed by atoms with Crippen molar-refractivity contribution in [3.8, 4) is 0 Å². The van der Waals surface area contributed by atoms with Crippen molar-refractivity contribution in [1.82, 2.24) is 9.88 Å². The second-order valence-electron chi connectivity index (χ2n) is 8.40. The van der Waals surface area contributed by atoms with Gasteiger partial charge in [0.1, 0.15) is 0 Å². The number of nitrogens with zero attached hydrogens (tertiary/aromatic N) is 3. The molecule has 0 saturated carbocycles. The highest BCUT2D eigenvalue weighted by Crippen LogP contribution is 2.33. The van der Waals surface area contributed by atoms with Crippen molar-refractivity contribution in [3.63, 3.8) is 0 Å². The number of thiazole rings is 1. The van der Waals surface area contributed by atoms with Crippen molar-refractivity contribution in [2.45, 2.75) is 4.34 Å². The van der Waals surface area contributed by atoms with Gasteiger partial charge < -0.3 is 9.64 Å². The third-order valence-electron chi connectivity index (χ3n) is 6.19. The van der Waals surface area contributed by atoms with E-state index in [0.717, 1.165) is 25.8 Å². The molecule has 5 nitrogen and oxygen atoms in total. The summed E-state index contributed by atoms with van der Waals surface area (Å²) in [6, 6.07) is 25.2. The fourth-order valence-electron chi connectivity index (χ4n) is 4.39. The zero-order valence-electron chi connectivity index (χ0n) is 19.0. The lowest BCUT2D eigenvalue weighted by atomic mass is 9.97. The number of aliphatic imine (C=N–C) groups is 1. The molecule has 0 N–H and O–H groups in total. The minimum Gasteiger partial charge on any atom is -0.378 e. The Balaban J connectivity index is 1.25. The van der Waals surface area contributed by atoms with Crippen LogP contribution in [0.25, 0.3) is 31.8 Å². The van der Waals surface area contributed by atoms with Gasteiger partial charge in [0.25, 0.3) is 0 Å². The molecule has 1 saturated heterocycles. The molecule has 0 spiro atoms. The van der Waals surface area contributed by atoms with Gasteiger partial charge in [-0.15, -0.1) is 11.3 Å². The molecule has 1 aliphatic rings. The Labute approximate surface area is 211 Å². The van der Waals surface area contributed by atoms with Gasteiger partial charge in [0.15, 0.2) is 4.34 Å². The molecule has 35 heavy (non-hydrogen) atoms. The lowest BCUT2D eigenvalue weighted by molar-refractivity contribution is -0.132. The van der Waals surface area contributed by atoms with Crippen LogP contribution >= 0.6 is 23.1 Å². The molecule has 0 atom stereocenters. The normalized spacial score (nSPS) is 14.5. The van der Waals surface area contributed by atoms with Gasteiger partial charge in [-0.25, -0.2) is 4.98 Å². The summed E-state index contributed by atoms with van der Waals surface area (Å²) >= 11 is 3.11. The molecule has 2 heterocycles. The number of carbonyl (C=O) groups excluding carboxylic acids is 1. The Hall–Kier alpha value is -3.26. The zero-order chi connectivity index (χ0) is 23.6. The van der Waals surface area contributed by atoms with Crippen LogP contribution in [0.4, 0.5) is 5.69 Å². The van der Waals surface area contributed by atoms with Crippen molar-refractivity contribution in [3.05, 3.63) is 78.4 Å². The molecular weight excluding hydrogens is 474 g/mol. The predicted molar refractivity (Wildman–Crippen MR) is 146 cm³/mol. The van der Waals surface area contributed by atoms with Crippen molar-refractivity contribution >= 4 is 72.7 Å². The van der Waals surface area contributed by atoms with E-state index in [4.69, 9.17) is 14.7 Å². The van der Waals surface area contributed by atoms with E-state index in [1.165, 1.54) is 33.3 Å². The number of aromatic nitrogens is 1. The maximum absolute atomic E-state index is 12.5. The first-order chi connectivity index (χ1) is 17.2. The molecule has 1 fully saturated rings. The SMILES string of the molecule is O=C(CSc1nc2ccc(N=Cc3c4ccccc4cc4ccccc34)cc2s1)N1CCOCC1. The average Bonchev–Trinajstić information content (AvgIpc) is 3.32. The molecule has 1 aliphatic heterocycles. The quantitative estimate of drug-likeness (QED) is 0.162. The van der Waals surface area contributed by atoms with Crippen LogP contribution in [-0.4, -0.2) is 54.1 Å². The largest absolute Gasteiger partial charge is 0.378 e. The third-order valence-corrected chi connectivity index (χ3v) is 8.34. The van der Waals surface area contributed by atoms with Crippen LogP contribution in [0, 0.1) is 0 Å². The van der Waals surface area contributed by atoms with E-state index in [0.29, 0.717) is 32.1 Å². The smallest absolute Gasteiger partial charge is 0.233 e. The van der Waals surface area contributed by atoms with Crippen molar-refractivity contribution in [2.24, 2.45) is 4.99 Å². The van der Waals surface area contributed by atoms with E-state index >= 15 is 0 Å². The van der Waals surface area contributed by atoms with Crippen molar-refractivity contribution in [2.75, 3.05) is 32.1 Å². The van der Waals surface area contributed by atoms with E-state index in [1.54, 1.807) is 11.3 Å². The number of rotatable bonds is 5. The molecule has 5 aromatic rings. The summed E-state index contributed by atoms with van der Waals surface area (Å²) in [5.41, 5.74) is 2.95. The van der Waals surface area contributed by atoms with E-state index < -0.39 is 0 Å². The highest BCUT2D eigenvalue weighted by molar-refractivity contribution is 8.01. The van der Waals surface area contributed by atoms with Crippen LogP contribution in [-0.2, 0) is 9.53 Å². The number of hydrogen-bond acceptors (Lipinski definition) is 6. The minimum absolute atomic E-state index is 0.144. The number of hydrogen-bond donors (Lipinski definition) is 0. The summed E-state index contributed by atoms with van der Waals surface area (Å²) in [5.74, 6) is 0.545. The Morgan fingerprint density at radius 2 is 1.71 bits per heavy atom. The van der Waals surface area contributed by atoms with Gasteiger partial charge in [0, 0.05) is 24.9 Å². The molecule has 0 unspecified atom stereocenters. The van der Waals surface area contributed by atoms with Crippen LogP contribution in [0.2, 0.25) is 0 Å². The average molecular weight is 498 g/mol. The van der Waals surface area contributed by atoms with Gasteiger partial charge in [-0.05, 0) is 45.8 Å². The number of ether oxygens (including phenoxy) is 1. The number of thioether (sulfide) groups is 1. The first kappa shape index (κ1) is 22.2. The Kier molecular flexibility index (Phi) is 6.21. The molecule has 174 valence electrons. The van der Waals surface area contributed by atoms with Crippen LogP contribution in [0.3, 0.4) is 0 Å². The third kappa shape index (κ3) is 4.67. The van der Waals surface area contributed by atoms with Crippen LogP contribution in [0.5, 0.6) is 0 Å². The number of morpholine rings is 1. The fourth-order valence-corrected chi connectivity index (χ4v) is 6.39. The molecule has 6 rings (SSSR count). The Bertz CT molecular complexity index is 1520. The molecule has 0 radical (unpaired) electrons. The number of amides is 1. The van der Waals surface area contributed by atoms with Crippen molar-refractivity contribution < 1.29 is 9.53 Å². The molecule has 4 aromatic carbocycles. The fraction of sp³-hybridized carbons (Fsp3) is 0.179. The maximum Gasteiger partial charge on any atom is 0.233 e. The summed E-state index contributed by atoms with van der Waals surface area (Å²) in [5, 5.41) is 4.80. The van der Waals surface area contributed by atoms with Gasteiger partial charge in [-0.1, -0.05) is 60.3 Å². The monoisotopic (exact) mass is 497 g/mol. The van der Waals surface area contributed by atoms with E-state index in [1.807, 2.05) is 23.2 Å². The number of fused-ring (bicyclic) bond motifs is 3. The lowest BCUT2D eigenvalue weighted by Gasteiger charge is -2.26. The summed E-state index contributed by atoms with van der Waals surface area (Å²) in [4.78, 5) is 23.9. The molecule has 7 heteroatoms. The van der Waals surface area contributed by atoms with Gasteiger partial charge in [0.05, 0.1) is 34.9 Å². The topological polar surface area (TPSA) is 54.8 Å². The second kappa shape index (κ2) is 9.77. The summed E-state index contributed by atoms with van der Waals surface area (Å²) in [6.07, 6.45) is 1.98. The van der Waals surface area contributed by atoms with Gasteiger partial charge in [0.2, 0.25) is 5.91 Å². The summed E-state index contributed by atoms with van der Waals surface area (Å²) in [7, 11) is 0. The van der Waals surface area contributed by atoms with E-state index in [2.05, 4.69) is 60.7 Å². The Morgan fingerprint density at radius 3 is 2.46 bits per heavy atom. The zero-order valence-corrected chi connectivity index (χ0v) is 20.6. The maximum atomic E-state index is 12.5. The van der Waals surface area contributed by atoms with Crippen LogP contribution < -0.4 is 0 Å². The van der Waals surface area contributed by atoms with Crippen molar-refractivity contribution in [1.29, 1.82) is 0 Å². The highest BCUT2D eigenvalue weighted by atomic mass is 32.2. The second-order valence-corrected chi connectivity index (χ2v) is 10.7. The van der Waals surface area contributed by atoms with Crippen LogP contribution in [0.15, 0.2) is 82.1 Å². The number of benzene rings is 4. The minimum atomic E-state index is 0.144. The highest BCUT2D eigenvalue weighted by Gasteiger charge is 2.17. The number of carbonyl (C=O) groups is 1. The molecule has 1 amide bonds. The summed E-state index contributed by atoms with van der Waals surface area (Å²) in [6.45, 7) is 2.59. The van der Waals surface area contributed by atoms with Crippen LogP contribution in [0.1, 0.15) is 5.56 Å². The van der Waals surface area contributed by atoms with Gasteiger partial charge in [-0.2, -0.15) is 0 Å².